The van der Waals surface area contributed by atoms with Crippen LogP contribution in [0.1, 0.15) is 45.7 Å². The van der Waals surface area contributed by atoms with E-state index in [9.17, 15) is 9.59 Å². The third-order valence-corrected chi connectivity index (χ3v) is 4.67. The summed E-state index contributed by atoms with van der Waals surface area (Å²) >= 11 is 0. The van der Waals surface area contributed by atoms with E-state index in [1.54, 1.807) is 0 Å². The van der Waals surface area contributed by atoms with Crippen LogP contribution in [0.4, 0.5) is 0 Å². The van der Waals surface area contributed by atoms with Gasteiger partial charge in [0.25, 0.3) is 0 Å². The summed E-state index contributed by atoms with van der Waals surface area (Å²) < 4.78 is 10.6. The Morgan fingerprint density at radius 1 is 1.21 bits per heavy atom. The van der Waals surface area contributed by atoms with Crippen molar-refractivity contribution in [1.29, 1.82) is 0 Å². The summed E-state index contributed by atoms with van der Waals surface area (Å²) in [7, 11) is 3.23. The molecule has 1 aromatic rings. The van der Waals surface area contributed by atoms with Gasteiger partial charge < -0.3 is 9.47 Å². The second-order valence-electron chi connectivity index (χ2n) is 7.58. The second-order valence-corrected chi connectivity index (χ2v) is 7.58. The van der Waals surface area contributed by atoms with Gasteiger partial charge in [0.05, 0.1) is 13.0 Å². The average molecular weight is 333 g/mol. The van der Waals surface area contributed by atoms with Gasteiger partial charge >= 0.3 is 11.9 Å². The second kappa shape index (κ2) is 6.55. The van der Waals surface area contributed by atoms with E-state index in [-0.39, 0.29) is 18.0 Å². The van der Waals surface area contributed by atoms with E-state index in [2.05, 4.69) is 0 Å². The van der Waals surface area contributed by atoms with E-state index in [1.165, 1.54) is 7.11 Å². The van der Waals surface area contributed by atoms with Crippen molar-refractivity contribution in [3.63, 3.8) is 0 Å². The number of likely N-dealkylation sites (tertiary alicyclic amines) is 1. The van der Waals surface area contributed by atoms with Crippen molar-refractivity contribution in [3.05, 3.63) is 35.9 Å². The van der Waals surface area contributed by atoms with Gasteiger partial charge in [-0.1, -0.05) is 30.3 Å². The molecule has 0 spiro atoms. The molecular weight excluding hydrogens is 306 g/mol. The van der Waals surface area contributed by atoms with Crippen LogP contribution < -0.4 is 0 Å². The molecule has 1 saturated heterocycles. The van der Waals surface area contributed by atoms with E-state index >= 15 is 0 Å². The van der Waals surface area contributed by atoms with Crippen molar-refractivity contribution < 1.29 is 19.1 Å². The SMILES string of the molecule is COC(=O)[C@]1(C)C[C@H](C(=O)OC(C)(C)C)[C@H](c2ccccc2)N1C. The van der Waals surface area contributed by atoms with E-state index in [4.69, 9.17) is 9.47 Å². The fourth-order valence-electron chi connectivity index (χ4n) is 3.40. The lowest BCUT2D eigenvalue weighted by Gasteiger charge is -2.33. The van der Waals surface area contributed by atoms with Crippen LogP contribution in [0.15, 0.2) is 30.3 Å². The van der Waals surface area contributed by atoms with E-state index < -0.39 is 17.1 Å². The molecule has 3 atom stereocenters. The third-order valence-electron chi connectivity index (χ3n) is 4.67. The maximum atomic E-state index is 12.8. The first-order valence-electron chi connectivity index (χ1n) is 8.19. The molecule has 0 amide bonds. The Morgan fingerprint density at radius 3 is 2.29 bits per heavy atom. The van der Waals surface area contributed by atoms with E-state index in [0.29, 0.717) is 6.42 Å². The molecule has 0 saturated carbocycles. The standard InChI is InChI=1S/C19H27NO4/c1-18(2,3)24-16(21)14-12-19(4,17(22)23-6)20(5)15(14)13-10-8-7-9-11-13/h7-11,14-15H,12H2,1-6H3/t14-,15-,19-/m0/s1. The average Bonchev–Trinajstić information content (AvgIpc) is 2.79. The molecule has 0 aromatic heterocycles. The first-order chi connectivity index (χ1) is 11.1. The minimum Gasteiger partial charge on any atom is -0.468 e. The summed E-state index contributed by atoms with van der Waals surface area (Å²) in [6.07, 6.45) is 0.366. The van der Waals surface area contributed by atoms with Crippen molar-refractivity contribution in [2.45, 2.75) is 51.3 Å². The highest BCUT2D eigenvalue weighted by Crippen LogP contribution is 2.47. The van der Waals surface area contributed by atoms with Crippen LogP contribution in [0.25, 0.3) is 0 Å². The van der Waals surface area contributed by atoms with Gasteiger partial charge in [-0.2, -0.15) is 0 Å². The number of methoxy groups -OCH3 is 1. The van der Waals surface area contributed by atoms with Crippen LogP contribution in [-0.4, -0.2) is 42.1 Å². The summed E-state index contributed by atoms with van der Waals surface area (Å²) in [5, 5.41) is 0. The third kappa shape index (κ3) is 3.46. The Bertz CT molecular complexity index is 608. The number of likely N-dealkylation sites (N-methyl/N-ethyl adjacent to an activating group) is 1. The Kier molecular flexibility index (Phi) is 5.04. The van der Waals surface area contributed by atoms with Gasteiger partial charge in [0.2, 0.25) is 0 Å². The van der Waals surface area contributed by atoms with Crippen molar-refractivity contribution in [1.82, 2.24) is 4.90 Å². The zero-order chi connectivity index (χ0) is 18.1. The van der Waals surface area contributed by atoms with Crippen molar-refractivity contribution in [2.75, 3.05) is 14.2 Å². The maximum absolute atomic E-state index is 12.8. The molecule has 1 aliphatic rings. The first-order valence-corrected chi connectivity index (χ1v) is 8.19. The maximum Gasteiger partial charge on any atom is 0.326 e. The number of hydrogen-bond donors (Lipinski definition) is 0. The van der Waals surface area contributed by atoms with E-state index in [1.807, 2.05) is 70.0 Å². The zero-order valence-corrected chi connectivity index (χ0v) is 15.3. The molecule has 5 heteroatoms. The van der Waals surface area contributed by atoms with Gasteiger partial charge in [-0.15, -0.1) is 0 Å². The van der Waals surface area contributed by atoms with Gasteiger partial charge in [-0.05, 0) is 46.7 Å². The number of carbonyl (C=O) groups excluding carboxylic acids is 2. The van der Waals surface area contributed by atoms with Gasteiger partial charge in [0, 0.05) is 6.04 Å². The van der Waals surface area contributed by atoms with Crippen LogP contribution >= 0.6 is 0 Å². The molecule has 0 aliphatic carbocycles. The fraction of sp³-hybridized carbons (Fsp3) is 0.579. The molecule has 1 aromatic carbocycles. The molecule has 5 nitrogen and oxygen atoms in total. The summed E-state index contributed by atoms with van der Waals surface area (Å²) in [6.45, 7) is 7.36. The smallest absolute Gasteiger partial charge is 0.326 e. The number of hydrogen-bond acceptors (Lipinski definition) is 5. The molecule has 1 aliphatic heterocycles. The van der Waals surface area contributed by atoms with Crippen LogP contribution in [0.2, 0.25) is 0 Å². The number of nitrogens with zero attached hydrogens (tertiary/aromatic N) is 1. The Hall–Kier alpha value is -1.88. The van der Waals surface area contributed by atoms with Crippen LogP contribution in [0, 0.1) is 5.92 Å². The Balaban J connectivity index is 2.42. The first kappa shape index (κ1) is 18.5. The molecule has 1 fully saturated rings. The minimum absolute atomic E-state index is 0.231. The highest BCUT2D eigenvalue weighted by Gasteiger charge is 2.55. The molecule has 24 heavy (non-hydrogen) atoms. The lowest BCUT2D eigenvalue weighted by Crippen LogP contribution is -2.47. The largest absolute Gasteiger partial charge is 0.468 e. The van der Waals surface area contributed by atoms with Crippen molar-refractivity contribution in [2.24, 2.45) is 5.92 Å². The topological polar surface area (TPSA) is 55.8 Å². The van der Waals surface area contributed by atoms with Gasteiger partial charge in [0.15, 0.2) is 0 Å². The normalized spacial score (nSPS) is 27.8. The molecule has 0 bridgehead atoms. The van der Waals surface area contributed by atoms with Crippen molar-refractivity contribution >= 4 is 11.9 Å². The molecule has 0 unspecified atom stereocenters. The number of ether oxygens (including phenoxy) is 2. The van der Waals surface area contributed by atoms with Crippen LogP contribution in [0.5, 0.6) is 0 Å². The molecule has 2 rings (SSSR count). The summed E-state index contributed by atoms with van der Waals surface area (Å²) in [5.74, 6) is -1.05. The predicted molar refractivity (Wildman–Crippen MR) is 91.3 cm³/mol. The summed E-state index contributed by atoms with van der Waals surface area (Å²) in [4.78, 5) is 27.1. The fourth-order valence-corrected chi connectivity index (χ4v) is 3.40. The highest BCUT2D eigenvalue weighted by atomic mass is 16.6. The Labute approximate surface area is 143 Å². The predicted octanol–water partition coefficient (Wildman–Crippen LogP) is 2.95. The van der Waals surface area contributed by atoms with Gasteiger partial charge in [0.1, 0.15) is 11.1 Å². The summed E-state index contributed by atoms with van der Waals surface area (Å²) in [6, 6.07) is 9.51. The minimum atomic E-state index is -0.864. The zero-order valence-electron chi connectivity index (χ0n) is 15.3. The number of rotatable bonds is 3. The summed E-state index contributed by atoms with van der Waals surface area (Å²) in [5.41, 5.74) is -0.443. The van der Waals surface area contributed by atoms with E-state index in [0.717, 1.165) is 5.56 Å². The quantitative estimate of drug-likeness (QED) is 0.796. The van der Waals surface area contributed by atoms with Gasteiger partial charge in [-0.25, -0.2) is 0 Å². The Morgan fingerprint density at radius 2 is 1.79 bits per heavy atom. The molecule has 0 radical (unpaired) electrons. The molecular formula is C19H27NO4. The molecule has 0 N–H and O–H groups in total. The van der Waals surface area contributed by atoms with Gasteiger partial charge in [-0.3, -0.25) is 14.5 Å². The monoisotopic (exact) mass is 333 g/mol. The number of esters is 2. The lowest BCUT2D eigenvalue weighted by atomic mass is 9.90. The number of carbonyl (C=O) groups is 2. The van der Waals surface area contributed by atoms with Crippen molar-refractivity contribution in [3.8, 4) is 0 Å². The lowest BCUT2D eigenvalue weighted by molar-refractivity contribution is -0.160. The van der Waals surface area contributed by atoms with Crippen LogP contribution in [0.3, 0.4) is 0 Å². The highest BCUT2D eigenvalue weighted by molar-refractivity contribution is 5.84. The molecule has 1 heterocycles. The number of benzene rings is 1. The van der Waals surface area contributed by atoms with Crippen LogP contribution in [-0.2, 0) is 19.1 Å². The molecule has 132 valence electrons.